The maximum atomic E-state index is 12.1. The largest absolute Gasteiger partial charge is 0.445 e. The van der Waals surface area contributed by atoms with Crippen LogP contribution >= 0.6 is 0 Å². The molecule has 27 heavy (non-hydrogen) atoms. The molecule has 2 aromatic carbocycles. The van der Waals surface area contributed by atoms with E-state index in [9.17, 15) is 9.59 Å². The molecule has 0 fully saturated rings. The summed E-state index contributed by atoms with van der Waals surface area (Å²) in [6.07, 6.45) is -0.737. The number of ether oxygens (including phenoxy) is 2. The summed E-state index contributed by atoms with van der Waals surface area (Å²) in [7, 11) is 0. The summed E-state index contributed by atoms with van der Waals surface area (Å²) in [4.78, 5) is 24.1. The van der Waals surface area contributed by atoms with Crippen LogP contribution in [0.15, 0.2) is 60.7 Å². The van der Waals surface area contributed by atoms with E-state index in [4.69, 9.17) is 14.7 Å². The second-order valence-corrected chi connectivity index (χ2v) is 5.64. The molecule has 0 aliphatic rings. The number of hydrogen-bond donors (Lipinski definition) is 2. The van der Waals surface area contributed by atoms with Crippen molar-refractivity contribution in [2.24, 2.45) is 0 Å². The van der Waals surface area contributed by atoms with Crippen molar-refractivity contribution in [2.45, 2.75) is 19.3 Å². The summed E-state index contributed by atoms with van der Waals surface area (Å²) in [5, 5.41) is 13.5. The quantitative estimate of drug-likeness (QED) is 0.662. The average Bonchev–Trinajstić information content (AvgIpc) is 2.71. The van der Waals surface area contributed by atoms with E-state index in [0.717, 1.165) is 11.1 Å². The summed E-state index contributed by atoms with van der Waals surface area (Å²) in [5.74, 6) is -0.513. The lowest BCUT2D eigenvalue weighted by molar-refractivity contribution is -0.124. The molecule has 7 heteroatoms. The second-order valence-electron chi connectivity index (χ2n) is 5.64. The number of carbonyl (C=O) groups excluding carboxylic acids is 2. The number of nitrogens with zero attached hydrogens (tertiary/aromatic N) is 1. The Bertz CT molecular complexity index is 760. The van der Waals surface area contributed by atoms with Crippen LogP contribution in [0.3, 0.4) is 0 Å². The fourth-order valence-corrected chi connectivity index (χ4v) is 2.21. The zero-order valence-corrected chi connectivity index (χ0v) is 14.8. The highest BCUT2D eigenvalue weighted by Gasteiger charge is 2.21. The van der Waals surface area contributed by atoms with Crippen molar-refractivity contribution in [3.63, 3.8) is 0 Å². The topological polar surface area (TPSA) is 100 Å². The van der Waals surface area contributed by atoms with Gasteiger partial charge in [0.1, 0.15) is 19.2 Å². The minimum absolute atomic E-state index is 0.0490. The summed E-state index contributed by atoms with van der Waals surface area (Å²) in [6, 6.07) is 19.5. The maximum Gasteiger partial charge on any atom is 0.408 e. The van der Waals surface area contributed by atoms with Crippen LogP contribution in [-0.4, -0.2) is 31.2 Å². The molecule has 2 aromatic rings. The van der Waals surface area contributed by atoms with Crippen molar-refractivity contribution < 1.29 is 19.1 Å². The molecule has 0 bridgehead atoms. The van der Waals surface area contributed by atoms with Crippen molar-refractivity contribution >= 4 is 12.0 Å². The SMILES string of the molecule is N#CCNC(=O)[C@@H](COCc1ccccc1)NC(=O)OCc1ccccc1. The molecule has 2 amide bonds. The molecule has 0 unspecified atom stereocenters. The predicted molar refractivity (Wildman–Crippen MR) is 98.3 cm³/mol. The maximum absolute atomic E-state index is 12.1. The molecule has 0 saturated heterocycles. The Labute approximate surface area is 157 Å². The summed E-state index contributed by atoms with van der Waals surface area (Å²) >= 11 is 0. The number of carbonyl (C=O) groups is 2. The van der Waals surface area contributed by atoms with E-state index in [1.54, 1.807) is 0 Å². The minimum atomic E-state index is -0.967. The van der Waals surface area contributed by atoms with E-state index in [0.29, 0.717) is 6.61 Å². The fraction of sp³-hybridized carbons (Fsp3) is 0.250. The van der Waals surface area contributed by atoms with E-state index in [1.165, 1.54) is 0 Å². The third kappa shape index (κ3) is 7.59. The van der Waals surface area contributed by atoms with E-state index in [-0.39, 0.29) is 19.8 Å². The highest BCUT2D eigenvalue weighted by atomic mass is 16.5. The highest BCUT2D eigenvalue weighted by Crippen LogP contribution is 2.03. The molecule has 140 valence electrons. The van der Waals surface area contributed by atoms with Crippen LogP contribution in [-0.2, 0) is 27.5 Å². The summed E-state index contributed by atoms with van der Waals surface area (Å²) < 4.78 is 10.7. The van der Waals surface area contributed by atoms with Gasteiger partial charge in [0.15, 0.2) is 0 Å². The van der Waals surface area contributed by atoms with Gasteiger partial charge in [-0.15, -0.1) is 0 Å². The van der Waals surface area contributed by atoms with Crippen LogP contribution in [0.4, 0.5) is 4.79 Å². The third-order valence-corrected chi connectivity index (χ3v) is 3.56. The molecule has 0 radical (unpaired) electrons. The first-order chi connectivity index (χ1) is 13.2. The fourth-order valence-electron chi connectivity index (χ4n) is 2.21. The van der Waals surface area contributed by atoms with Gasteiger partial charge in [-0.25, -0.2) is 4.79 Å². The first kappa shape index (κ1) is 19.9. The van der Waals surface area contributed by atoms with Crippen LogP contribution in [0.25, 0.3) is 0 Å². The Balaban J connectivity index is 1.85. The number of benzene rings is 2. The van der Waals surface area contributed by atoms with Crippen LogP contribution in [0.5, 0.6) is 0 Å². The van der Waals surface area contributed by atoms with Gasteiger partial charge in [-0.3, -0.25) is 4.79 Å². The zero-order valence-electron chi connectivity index (χ0n) is 14.8. The van der Waals surface area contributed by atoms with Crippen molar-refractivity contribution in [1.29, 1.82) is 5.26 Å². The monoisotopic (exact) mass is 367 g/mol. The van der Waals surface area contributed by atoms with Gasteiger partial charge in [-0.2, -0.15) is 5.26 Å². The number of rotatable bonds is 9. The molecule has 7 nitrogen and oxygen atoms in total. The number of alkyl carbamates (subject to hydrolysis) is 1. The lowest BCUT2D eigenvalue weighted by Crippen LogP contribution is -2.49. The molecule has 0 spiro atoms. The molecular formula is C20H21N3O4. The van der Waals surface area contributed by atoms with Crippen LogP contribution in [0.1, 0.15) is 11.1 Å². The molecule has 0 heterocycles. The zero-order chi connectivity index (χ0) is 19.3. The normalized spacial score (nSPS) is 11.1. The molecule has 0 saturated carbocycles. The minimum Gasteiger partial charge on any atom is -0.445 e. The van der Waals surface area contributed by atoms with Gasteiger partial charge in [-0.05, 0) is 11.1 Å². The number of nitriles is 1. The van der Waals surface area contributed by atoms with Gasteiger partial charge < -0.3 is 20.1 Å². The molecule has 0 aliphatic heterocycles. The van der Waals surface area contributed by atoms with Crippen LogP contribution < -0.4 is 10.6 Å². The molecule has 2 rings (SSSR count). The van der Waals surface area contributed by atoms with Gasteiger partial charge in [0.05, 0.1) is 19.3 Å². The van der Waals surface area contributed by atoms with Crippen LogP contribution in [0.2, 0.25) is 0 Å². The van der Waals surface area contributed by atoms with E-state index < -0.39 is 18.0 Å². The van der Waals surface area contributed by atoms with Crippen LogP contribution in [0, 0.1) is 11.3 Å². The van der Waals surface area contributed by atoms with E-state index >= 15 is 0 Å². The third-order valence-electron chi connectivity index (χ3n) is 3.56. The lowest BCUT2D eigenvalue weighted by atomic mass is 10.2. The van der Waals surface area contributed by atoms with Crippen molar-refractivity contribution in [3.8, 4) is 6.07 Å². The first-order valence-corrected chi connectivity index (χ1v) is 8.42. The van der Waals surface area contributed by atoms with Gasteiger partial charge >= 0.3 is 6.09 Å². The van der Waals surface area contributed by atoms with Gasteiger partial charge in [0.25, 0.3) is 0 Å². The van der Waals surface area contributed by atoms with Crippen molar-refractivity contribution in [1.82, 2.24) is 10.6 Å². The Morgan fingerprint density at radius 3 is 2.15 bits per heavy atom. The van der Waals surface area contributed by atoms with Gasteiger partial charge in [0, 0.05) is 0 Å². The van der Waals surface area contributed by atoms with Gasteiger partial charge in [-0.1, -0.05) is 60.7 Å². The summed E-state index contributed by atoms with van der Waals surface area (Å²) in [6.45, 7) is 0.176. The van der Waals surface area contributed by atoms with Gasteiger partial charge in [0.2, 0.25) is 5.91 Å². The molecular weight excluding hydrogens is 346 g/mol. The van der Waals surface area contributed by atoms with E-state index in [1.807, 2.05) is 66.7 Å². The smallest absolute Gasteiger partial charge is 0.408 e. The Hall–Kier alpha value is -3.37. The second kappa shape index (κ2) is 11.3. The lowest BCUT2D eigenvalue weighted by Gasteiger charge is -2.18. The molecule has 0 aliphatic carbocycles. The average molecular weight is 367 g/mol. The standard InChI is InChI=1S/C20H21N3O4/c21-11-12-22-19(24)18(15-26-13-16-7-3-1-4-8-16)23-20(25)27-14-17-9-5-2-6-10-17/h1-10,18H,12-15H2,(H,22,24)(H,23,25)/t18-/m1/s1. The Kier molecular flexibility index (Phi) is 8.34. The summed E-state index contributed by atoms with van der Waals surface area (Å²) in [5.41, 5.74) is 1.78. The highest BCUT2D eigenvalue weighted by molar-refractivity contribution is 5.85. The number of nitrogens with one attached hydrogen (secondary N) is 2. The van der Waals surface area contributed by atoms with Crippen molar-refractivity contribution in [2.75, 3.05) is 13.2 Å². The molecule has 1 atom stereocenters. The number of amides is 2. The number of hydrogen-bond acceptors (Lipinski definition) is 5. The molecule has 2 N–H and O–H groups in total. The Morgan fingerprint density at radius 1 is 0.963 bits per heavy atom. The van der Waals surface area contributed by atoms with E-state index in [2.05, 4.69) is 10.6 Å². The predicted octanol–water partition coefficient (Wildman–Crippen LogP) is 2.14. The van der Waals surface area contributed by atoms with Crippen molar-refractivity contribution in [3.05, 3.63) is 71.8 Å². The molecule has 0 aromatic heterocycles. The Morgan fingerprint density at radius 2 is 1.56 bits per heavy atom. The first-order valence-electron chi connectivity index (χ1n) is 8.42.